The molecule has 5 heteroatoms. The number of pyridine rings is 1. The van der Waals surface area contributed by atoms with E-state index in [9.17, 15) is 0 Å². The minimum atomic E-state index is 0.0328. The van der Waals surface area contributed by atoms with E-state index < -0.39 is 0 Å². The average Bonchev–Trinajstić information content (AvgIpc) is 2.45. The molecule has 2 rings (SSSR count). The molecule has 20 heavy (non-hydrogen) atoms. The van der Waals surface area contributed by atoms with Crippen LogP contribution in [0, 0.1) is 0 Å². The third kappa shape index (κ3) is 3.91. The molecule has 0 radical (unpaired) electrons. The van der Waals surface area contributed by atoms with Gasteiger partial charge in [-0.3, -0.25) is 4.90 Å². The topological polar surface area (TPSA) is 48.6 Å². The Morgan fingerprint density at radius 3 is 2.60 bits per heavy atom. The normalized spacial score (nSPS) is 18.6. The van der Waals surface area contributed by atoms with Crippen molar-refractivity contribution in [1.82, 2.24) is 14.8 Å². The smallest absolute Gasteiger partial charge is 0.133 e. The predicted octanol–water partition coefficient (Wildman–Crippen LogP) is 0.785. The zero-order chi connectivity index (χ0) is 14.5. The lowest BCUT2D eigenvalue weighted by Crippen LogP contribution is -2.48. The molecule has 0 spiro atoms. The van der Waals surface area contributed by atoms with Crippen LogP contribution in [0.5, 0.6) is 0 Å². The van der Waals surface area contributed by atoms with Gasteiger partial charge in [-0.25, -0.2) is 4.98 Å². The van der Waals surface area contributed by atoms with Gasteiger partial charge in [-0.15, -0.1) is 0 Å². The first-order valence-electron chi connectivity index (χ1n) is 7.40. The Hall–Kier alpha value is -1.17. The van der Waals surface area contributed by atoms with E-state index in [1.807, 2.05) is 19.2 Å². The Bertz CT molecular complexity index is 410. The quantitative estimate of drug-likeness (QED) is 0.862. The number of likely N-dealkylation sites (N-methyl/N-ethyl adjacent to an activating group) is 1. The maximum absolute atomic E-state index is 6.05. The summed E-state index contributed by atoms with van der Waals surface area (Å²) >= 11 is 0. The van der Waals surface area contributed by atoms with Crippen LogP contribution in [-0.4, -0.2) is 68.1 Å². The number of anilines is 1. The van der Waals surface area contributed by atoms with Crippen LogP contribution >= 0.6 is 0 Å². The molecule has 0 aromatic carbocycles. The van der Waals surface area contributed by atoms with Crippen molar-refractivity contribution in [2.75, 3.05) is 58.3 Å². The Morgan fingerprint density at radius 2 is 2.00 bits per heavy atom. The highest BCUT2D eigenvalue weighted by molar-refractivity contribution is 5.48. The van der Waals surface area contributed by atoms with E-state index in [-0.39, 0.29) is 6.04 Å². The maximum atomic E-state index is 6.05. The second kappa shape index (κ2) is 7.02. The Morgan fingerprint density at radius 1 is 1.30 bits per heavy atom. The molecule has 1 aliphatic rings. The van der Waals surface area contributed by atoms with Crippen molar-refractivity contribution in [2.45, 2.75) is 13.0 Å². The molecule has 1 saturated heterocycles. The summed E-state index contributed by atoms with van der Waals surface area (Å²) in [4.78, 5) is 11.7. The summed E-state index contributed by atoms with van der Waals surface area (Å²) in [5.74, 6) is 1.06. The van der Waals surface area contributed by atoms with E-state index >= 15 is 0 Å². The van der Waals surface area contributed by atoms with E-state index in [1.165, 1.54) is 0 Å². The molecular formula is C15H27N5. The average molecular weight is 277 g/mol. The lowest BCUT2D eigenvalue weighted by molar-refractivity contribution is 0.229. The van der Waals surface area contributed by atoms with Gasteiger partial charge in [-0.1, -0.05) is 6.07 Å². The van der Waals surface area contributed by atoms with Crippen LogP contribution in [0.2, 0.25) is 0 Å². The zero-order valence-corrected chi connectivity index (χ0v) is 12.9. The van der Waals surface area contributed by atoms with Gasteiger partial charge in [0.25, 0.3) is 0 Å². The first kappa shape index (κ1) is 15.2. The fourth-order valence-corrected chi connectivity index (χ4v) is 2.55. The molecule has 112 valence electrons. The fraction of sp³-hybridized carbons (Fsp3) is 0.667. The largest absolute Gasteiger partial charge is 0.354 e. The van der Waals surface area contributed by atoms with E-state index in [4.69, 9.17) is 5.73 Å². The van der Waals surface area contributed by atoms with Crippen molar-refractivity contribution in [3.8, 4) is 0 Å². The number of hydrogen-bond acceptors (Lipinski definition) is 5. The molecule has 0 amide bonds. The van der Waals surface area contributed by atoms with Crippen molar-refractivity contribution in [3.05, 3.63) is 23.9 Å². The summed E-state index contributed by atoms with van der Waals surface area (Å²) in [5, 5.41) is 0. The van der Waals surface area contributed by atoms with E-state index in [2.05, 4.69) is 39.8 Å². The Kier molecular flexibility index (Phi) is 5.34. The first-order chi connectivity index (χ1) is 9.58. The van der Waals surface area contributed by atoms with Crippen LogP contribution in [0.3, 0.4) is 0 Å². The minimum absolute atomic E-state index is 0.0328. The van der Waals surface area contributed by atoms with Gasteiger partial charge < -0.3 is 15.5 Å². The highest BCUT2D eigenvalue weighted by atomic mass is 15.3. The van der Waals surface area contributed by atoms with Gasteiger partial charge in [-0.05, 0) is 27.1 Å². The highest BCUT2D eigenvalue weighted by Crippen LogP contribution is 2.23. The van der Waals surface area contributed by atoms with Crippen molar-refractivity contribution in [1.29, 1.82) is 0 Å². The fourth-order valence-electron chi connectivity index (χ4n) is 2.55. The van der Waals surface area contributed by atoms with Crippen molar-refractivity contribution >= 4 is 5.82 Å². The molecule has 1 aliphatic heterocycles. The molecule has 2 N–H and O–H groups in total. The van der Waals surface area contributed by atoms with Crippen LogP contribution in [0.15, 0.2) is 18.3 Å². The summed E-state index contributed by atoms with van der Waals surface area (Å²) in [7, 11) is 4.25. The van der Waals surface area contributed by atoms with Crippen LogP contribution in [-0.2, 0) is 0 Å². The van der Waals surface area contributed by atoms with Gasteiger partial charge in [-0.2, -0.15) is 0 Å². The third-order valence-electron chi connectivity index (χ3n) is 3.84. The number of piperazine rings is 1. The molecule has 0 saturated carbocycles. The Labute approximate surface area is 122 Å². The van der Waals surface area contributed by atoms with Gasteiger partial charge in [0.1, 0.15) is 5.82 Å². The molecular weight excluding hydrogens is 250 g/mol. The van der Waals surface area contributed by atoms with Crippen LogP contribution < -0.4 is 10.6 Å². The first-order valence-corrected chi connectivity index (χ1v) is 7.40. The van der Waals surface area contributed by atoms with E-state index in [0.29, 0.717) is 0 Å². The van der Waals surface area contributed by atoms with E-state index in [1.54, 1.807) is 0 Å². The molecule has 1 unspecified atom stereocenters. The second-order valence-corrected chi connectivity index (χ2v) is 5.84. The maximum Gasteiger partial charge on any atom is 0.133 e. The molecule has 1 aromatic heterocycles. The number of nitrogens with two attached hydrogens (primary N) is 1. The van der Waals surface area contributed by atoms with Crippen LogP contribution in [0.4, 0.5) is 5.82 Å². The summed E-state index contributed by atoms with van der Waals surface area (Å²) in [6, 6.07) is 4.09. The monoisotopic (exact) mass is 277 g/mol. The lowest BCUT2D eigenvalue weighted by atomic mass is 10.1. The van der Waals surface area contributed by atoms with Crippen LogP contribution in [0.1, 0.15) is 18.5 Å². The second-order valence-electron chi connectivity index (χ2n) is 5.84. The van der Waals surface area contributed by atoms with Crippen LogP contribution in [0.25, 0.3) is 0 Å². The molecule has 1 fully saturated rings. The zero-order valence-electron chi connectivity index (χ0n) is 12.9. The number of aromatic nitrogens is 1. The van der Waals surface area contributed by atoms with E-state index in [0.717, 1.165) is 50.6 Å². The lowest BCUT2D eigenvalue weighted by Gasteiger charge is -2.36. The van der Waals surface area contributed by atoms with Gasteiger partial charge >= 0.3 is 0 Å². The molecule has 5 nitrogen and oxygen atoms in total. The van der Waals surface area contributed by atoms with Gasteiger partial charge in [0, 0.05) is 57.1 Å². The number of hydrogen-bond donors (Lipinski definition) is 1. The minimum Gasteiger partial charge on any atom is -0.354 e. The Balaban J connectivity index is 1.94. The molecule has 1 aromatic rings. The molecule has 0 bridgehead atoms. The molecule has 0 aliphatic carbocycles. The predicted molar refractivity (Wildman–Crippen MR) is 84.0 cm³/mol. The summed E-state index contributed by atoms with van der Waals surface area (Å²) < 4.78 is 0. The molecule has 1 atom stereocenters. The summed E-state index contributed by atoms with van der Waals surface area (Å²) in [6.07, 6.45) is 1.86. The SMILES string of the molecule is CC(N)c1cccnc1N1CCN(CCN(C)C)CC1. The standard InChI is InChI=1S/C15H27N5/c1-13(16)14-5-4-6-17-15(14)20-11-9-19(10-12-20)8-7-18(2)3/h4-6,13H,7-12,16H2,1-3H3. The van der Waals surface area contributed by atoms with Crippen molar-refractivity contribution in [3.63, 3.8) is 0 Å². The van der Waals surface area contributed by atoms with Crippen molar-refractivity contribution in [2.24, 2.45) is 5.73 Å². The number of rotatable bonds is 5. The molecule has 2 heterocycles. The van der Waals surface area contributed by atoms with Gasteiger partial charge in [0.15, 0.2) is 0 Å². The number of nitrogens with zero attached hydrogens (tertiary/aromatic N) is 4. The van der Waals surface area contributed by atoms with Gasteiger partial charge in [0.2, 0.25) is 0 Å². The summed E-state index contributed by atoms with van der Waals surface area (Å²) in [6.45, 7) is 8.55. The third-order valence-corrected chi connectivity index (χ3v) is 3.84. The summed E-state index contributed by atoms with van der Waals surface area (Å²) in [5.41, 5.74) is 7.19. The van der Waals surface area contributed by atoms with Crippen molar-refractivity contribution < 1.29 is 0 Å². The van der Waals surface area contributed by atoms with Gasteiger partial charge in [0.05, 0.1) is 0 Å². The highest BCUT2D eigenvalue weighted by Gasteiger charge is 2.20.